The fourth-order valence-electron chi connectivity index (χ4n) is 2.71. The van der Waals surface area contributed by atoms with Gasteiger partial charge in [-0.3, -0.25) is 9.59 Å². The van der Waals surface area contributed by atoms with Crippen molar-refractivity contribution in [3.8, 4) is 5.75 Å². The van der Waals surface area contributed by atoms with E-state index in [1.165, 1.54) is 0 Å². The van der Waals surface area contributed by atoms with E-state index in [-0.39, 0.29) is 18.1 Å². The third-order valence-corrected chi connectivity index (χ3v) is 3.90. The topological polar surface area (TPSA) is 52.6 Å². The molecule has 4 heteroatoms. The fourth-order valence-corrected chi connectivity index (χ4v) is 2.71. The van der Waals surface area contributed by atoms with Crippen molar-refractivity contribution in [3.05, 3.63) is 42.5 Å². The van der Waals surface area contributed by atoms with Crippen LogP contribution in [0.1, 0.15) is 25.8 Å². The van der Waals surface area contributed by atoms with Crippen LogP contribution < -0.4 is 4.74 Å². The van der Waals surface area contributed by atoms with Crippen LogP contribution in [0.15, 0.2) is 36.9 Å². The molecule has 2 atom stereocenters. The van der Waals surface area contributed by atoms with Crippen molar-refractivity contribution >= 4 is 11.8 Å². The van der Waals surface area contributed by atoms with E-state index in [9.17, 15) is 9.59 Å². The Balaban J connectivity index is 2.51. The van der Waals surface area contributed by atoms with Gasteiger partial charge >= 0.3 is 5.97 Å². The summed E-state index contributed by atoms with van der Waals surface area (Å²) in [7, 11) is 1.57. The van der Waals surface area contributed by atoms with E-state index in [1.54, 1.807) is 37.5 Å². The Morgan fingerprint density at radius 2 is 1.95 bits per heavy atom. The summed E-state index contributed by atoms with van der Waals surface area (Å²) >= 11 is 0. The Bertz CT molecular complexity index is 559. The summed E-state index contributed by atoms with van der Waals surface area (Å²) in [6.45, 7) is 7.42. The maximum Gasteiger partial charge on any atom is 0.325 e. The van der Waals surface area contributed by atoms with E-state index in [1.807, 2.05) is 13.8 Å². The molecule has 1 aromatic carbocycles. The molecule has 21 heavy (non-hydrogen) atoms. The standard InChI is InChI=1S/C17H20O4/c1-5-10-17(12-6-8-13(20-4)9-7-12)15(18)14(11(2)3)21-16(17)19/h5-9,11,14H,1,10H2,2-4H3/t14-,17-/m0/s1. The number of hydrogen-bond acceptors (Lipinski definition) is 4. The summed E-state index contributed by atoms with van der Waals surface area (Å²) in [6.07, 6.45) is 1.13. The molecule has 0 bridgehead atoms. The lowest BCUT2D eigenvalue weighted by Gasteiger charge is -2.22. The molecule has 0 saturated carbocycles. The van der Waals surface area contributed by atoms with Crippen molar-refractivity contribution in [1.29, 1.82) is 0 Å². The van der Waals surface area contributed by atoms with Crippen LogP contribution in [0, 0.1) is 5.92 Å². The van der Waals surface area contributed by atoms with Crippen molar-refractivity contribution < 1.29 is 19.1 Å². The maximum atomic E-state index is 12.8. The first-order valence-electron chi connectivity index (χ1n) is 6.98. The van der Waals surface area contributed by atoms with E-state index in [2.05, 4.69) is 6.58 Å². The number of ether oxygens (including phenoxy) is 2. The highest BCUT2D eigenvalue weighted by molar-refractivity contribution is 6.16. The molecule has 0 N–H and O–H groups in total. The molecule has 1 aliphatic rings. The van der Waals surface area contributed by atoms with Gasteiger partial charge < -0.3 is 9.47 Å². The lowest BCUT2D eigenvalue weighted by Crippen LogP contribution is -2.40. The lowest BCUT2D eigenvalue weighted by atomic mass is 9.73. The number of carbonyl (C=O) groups excluding carboxylic acids is 2. The molecule has 1 fully saturated rings. The first-order valence-corrected chi connectivity index (χ1v) is 6.98. The highest BCUT2D eigenvalue weighted by Gasteiger charge is 2.58. The number of cyclic esters (lactones) is 1. The number of hydrogen-bond donors (Lipinski definition) is 0. The van der Waals surface area contributed by atoms with Crippen LogP contribution in [0.2, 0.25) is 0 Å². The predicted molar refractivity (Wildman–Crippen MR) is 79.2 cm³/mol. The van der Waals surface area contributed by atoms with Gasteiger partial charge in [0.2, 0.25) is 0 Å². The molecule has 1 aromatic rings. The van der Waals surface area contributed by atoms with Gasteiger partial charge in [-0.1, -0.05) is 32.1 Å². The smallest absolute Gasteiger partial charge is 0.325 e. The van der Waals surface area contributed by atoms with Crippen LogP contribution in [0.5, 0.6) is 5.75 Å². The van der Waals surface area contributed by atoms with E-state index >= 15 is 0 Å². The van der Waals surface area contributed by atoms with E-state index in [4.69, 9.17) is 9.47 Å². The molecule has 1 aliphatic heterocycles. The fraction of sp³-hybridized carbons (Fsp3) is 0.412. The summed E-state index contributed by atoms with van der Waals surface area (Å²) in [6, 6.07) is 6.96. The molecular formula is C17H20O4. The second kappa shape index (κ2) is 5.72. The summed E-state index contributed by atoms with van der Waals surface area (Å²) in [5, 5.41) is 0. The predicted octanol–water partition coefficient (Wildman–Crippen LogP) is 2.66. The van der Waals surface area contributed by atoms with E-state index in [0.717, 1.165) is 0 Å². The number of methoxy groups -OCH3 is 1. The minimum absolute atomic E-state index is 0.0496. The van der Waals surface area contributed by atoms with Crippen molar-refractivity contribution in [2.45, 2.75) is 31.8 Å². The van der Waals surface area contributed by atoms with Gasteiger partial charge in [0.1, 0.15) is 5.75 Å². The number of esters is 1. The quantitative estimate of drug-likeness (QED) is 0.475. The Labute approximate surface area is 124 Å². The Morgan fingerprint density at radius 3 is 2.38 bits per heavy atom. The molecule has 0 radical (unpaired) electrons. The minimum atomic E-state index is -1.27. The van der Waals surface area contributed by atoms with Crippen LogP contribution in [0.25, 0.3) is 0 Å². The molecule has 1 saturated heterocycles. The van der Waals surface area contributed by atoms with Crippen LogP contribution in [-0.4, -0.2) is 25.0 Å². The van der Waals surface area contributed by atoms with Crippen molar-refractivity contribution in [2.24, 2.45) is 5.92 Å². The van der Waals surface area contributed by atoms with Gasteiger partial charge in [0.05, 0.1) is 7.11 Å². The zero-order chi connectivity index (χ0) is 15.6. The zero-order valence-corrected chi connectivity index (χ0v) is 12.6. The molecule has 0 unspecified atom stereocenters. The van der Waals surface area contributed by atoms with Crippen LogP contribution in [0.3, 0.4) is 0 Å². The summed E-state index contributed by atoms with van der Waals surface area (Å²) in [4.78, 5) is 25.2. The van der Waals surface area contributed by atoms with Crippen molar-refractivity contribution in [2.75, 3.05) is 7.11 Å². The third-order valence-electron chi connectivity index (χ3n) is 3.90. The highest BCUT2D eigenvalue weighted by atomic mass is 16.6. The van der Waals surface area contributed by atoms with Crippen LogP contribution >= 0.6 is 0 Å². The monoisotopic (exact) mass is 288 g/mol. The van der Waals surface area contributed by atoms with Gasteiger partial charge in [-0.25, -0.2) is 0 Å². The number of rotatable bonds is 5. The van der Waals surface area contributed by atoms with E-state index < -0.39 is 17.5 Å². The molecule has 4 nitrogen and oxygen atoms in total. The van der Waals surface area contributed by atoms with Crippen LogP contribution in [0.4, 0.5) is 0 Å². The number of carbonyl (C=O) groups is 2. The average molecular weight is 288 g/mol. The Hall–Kier alpha value is -2.10. The lowest BCUT2D eigenvalue weighted by molar-refractivity contribution is -0.147. The van der Waals surface area contributed by atoms with Gasteiger partial charge in [0.15, 0.2) is 17.3 Å². The normalized spacial score (nSPS) is 25.0. The summed E-state index contributed by atoms with van der Waals surface area (Å²) in [5.74, 6) is -0.0538. The Kier molecular flexibility index (Phi) is 4.16. The second-order valence-electron chi connectivity index (χ2n) is 5.56. The molecule has 0 aliphatic carbocycles. The van der Waals surface area contributed by atoms with Gasteiger partial charge in [0.25, 0.3) is 0 Å². The molecule has 1 heterocycles. The first kappa shape index (κ1) is 15.3. The summed E-state index contributed by atoms with van der Waals surface area (Å²) in [5.41, 5.74) is -0.649. The first-order chi connectivity index (χ1) is 9.97. The molecule has 0 amide bonds. The number of Topliss-reactive ketones (excluding diaryl/α,β-unsaturated/α-hetero) is 1. The van der Waals surface area contributed by atoms with E-state index in [0.29, 0.717) is 11.3 Å². The van der Waals surface area contributed by atoms with Gasteiger partial charge in [-0.2, -0.15) is 0 Å². The molecule has 0 spiro atoms. The number of benzene rings is 1. The highest BCUT2D eigenvalue weighted by Crippen LogP contribution is 2.40. The largest absolute Gasteiger partial charge is 0.497 e. The molecule has 0 aromatic heterocycles. The zero-order valence-electron chi connectivity index (χ0n) is 12.6. The third kappa shape index (κ3) is 2.35. The van der Waals surface area contributed by atoms with Crippen molar-refractivity contribution in [1.82, 2.24) is 0 Å². The van der Waals surface area contributed by atoms with Crippen LogP contribution in [-0.2, 0) is 19.7 Å². The summed E-state index contributed by atoms with van der Waals surface area (Å²) < 4.78 is 10.5. The molecular weight excluding hydrogens is 268 g/mol. The maximum absolute atomic E-state index is 12.8. The van der Waals surface area contributed by atoms with Gasteiger partial charge in [-0.15, -0.1) is 6.58 Å². The Morgan fingerprint density at radius 1 is 1.33 bits per heavy atom. The van der Waals surface area contributed by atoms with Crippen molar-refractivity contribution in [3.63, 3.8) is 0 Å². The van der Waals surface area contributed by atoms with Gasteiger partial charge in [0, 0.05) is 0 Å². The number of allylic oxidation sites excluding steroid dienone is 1. The average Bonchev–Trinajstić information content (AvgIpc) is 2.73. The number of ketones is 1. The van der Waals surface area contributed by atoms with Gasteiger partial charge in [-0.05, 0) is 30.0 Å². The SMILES string of the molecule is C=CC[C@@]1(c2ccc(OC)cc2)C(=O)O[C@@H](C(C)C)C1=O. The molecule has 2 rings (SSSR count). The second-order valence-corrected chi connectivity index (χ2v) is 5.56. The minimum Gasteiger partial charge on any atom is -0.497 e. The molecule has 112 valence electrons.